The fraction of sp³-hybridized carbons (Fsp3) is 0.400. The average molecular weight is 243 g/mol. The Hall–Kier alpha value is -1.77. The number of carbonyl (C=O) groups is 1. The predicted molar refractivity (Wildman–Crippen MR) is 69.5 cm³/mol. The molecule has 94 valence electrons. The average Bonchev–Trinajstić information content (AvgIpc) is 2.71. The van der Waals surface area contributed by atoms with Crippen molar-refractivity contribution in [2.75, 3.05) is 6.61 Å². The molecule has 0 aromatic rings. The van der Waals surface area contributed by atoms with Crippen molar-refractivity contribution in [1.82, 2.24) is 0 Å². The van der Waals surface area contributed by atoms with E-state index in [0.29, 0.717) is 36.2 Å². The van der Waals surface area contributed by atoms with E-state index in [1.54, 1.807) is 0 Å². The van der Waals surface area contributed by atoms with E-state index in [4.69, 9.17) is 10.5 Å². The van der Waals surface area contributed by atoms with Gasteiger partial charge < -0.3 is 10.5 Å². The largest absolute Gasteiger partial charge is 0.449 e. The third-order valence-electron chi connectivity index (χ3n) is 4.30. The van der Waals surface area contributed by atoms with Gasteiger partial charge in [0, 0.05) is 5.92 Å². The van der Waals surface area contributed by atoms with Gasteiger partial charge in [0.2, 0.25) is 0 Å². The Labute approximate surface area is 107 Å². The van der Waals surface area contributed by atoms with Crippen molar-refractivity contribution in [3.05, 3.63) is 48.6 Å². The van der Waals surface area contributed by atoms with E-state index < -0.39 is 6.09 Å². The van der Waals surface area contributed by atoms with Gasteiger partial charge in [0.05, 0.1) is 6.61 Å². The molecule has 1 saturated carbocycles. The molecule has 4 atom stereocenters. The summed E-state index contributed by atoms with van der Waals surface area (Å²) in [6.07, 6.45) is 16.7. The molecule has 0 spiro atoms. The molecule has 1 fully saturated rings. The van der Waals surface area contributed by atoms with Crippen LogP contribution < -0.4 is 5.73 Å². The molecule has 3 nitrogen and oxygen atoms in total. The molecule has 0 bridgehead atoms. The molecule has 0 heterocycles. The zero-order chi connectivity index (χ0) is 12.5. The van der Waals surface area contributed by atoms with Gasteiger partial charge in [-0.2, -0.15) is 0 Å². The highest BCUT2D eigenvalue weighted by atomic mass is 16.5. The van der Waals surface area contributed by atoms with Crippen LogP contribution in [0.2, 0.25) is 0 Å². The van der Waals surface area contributed by atoms with Gasteiger partial charge in [0.25, 0.3) is 0 Å². The number of nitrogens with two attached hydrogens (primary N) is 1. The minimum Gasteiger partial charge on any atom is -0.449 e. The number of primary amides is 1. The molecule has 0 radical (unpaired) electrons. The lowest BCUT2D eigenvalue weighted by atomic mass is 9.83. The summed E-state index contributed by atoms with van der Waals surface area (Å²) in [5, 5.41) is 0. The summed E-state index contributed by atoms with van der Waals surface area (Å²) in [6.45, 7) is 0.411. The molecule has 0 aromatic heterocycles. The lowest BCUT2D eigenvalue weighted by molar-refractivity contribution is 0.121. The first-order chi connectivity index (χ1) is 8.77. The van der Waals surface area contributed by atoms with Crippen molar-refractivity contribution in [2.24, 2.45) is 35.3 Å². The van der Waals surface area contributed by atoms with Crippen molar-refractivity contribution in [2.45, 2.75) is 0 Å². The van der Waals surface area contributed by atoms with E-state index in [-0.39, 0.29) is 0 Å². The monoisotopic (exact) mass is 243 g/mol. The molecule has 3 aliphatic rings. The molecule has 3 aliphatic carbocycles. The van der Waals surface area contributed by atoms with Gasteiger partial charge in [-0.25, -0.2) is 4.79 Å². The topological polar surface area (TPSA) is 52.3 Å². The number of rotatable bonds is 2. The fourth-order valence-electron chi connectivity index (χ4n) is 3.57. The third kappa shape index (κ3) is 1.80. The minimum absolute atomic E-state index is 0.329. The van der Waals surface area contributed by atoms with Gasteiger partial charge in [-0.1, -0.05) is 48.6 Å². The Morgan fingerprint density at radius 2 is 1.33 bits per heavy atom. The molecule has 1 amide bonds. The Bertz CT molecular complexity index is 427. The maximum absolute atomic E-state index is 10.8. The standard InChI is InChI=1S/C15H17NO2/c16-15(17)18-9-14-12-7-3-1-5-10(12)11-6-2-4-8-13(11)14/h1-8,10-14H,9H2,(H2,16,17). The highest BCUT2D eigenvalue weighted by Crippen LogP contribution is 2.51. The molecular formula is C15H17NO2. The van der Waals surface area contributed by atoms with E-state index >= 15 is 0 Å². The summed E-state index contributed by atoms with van der Waals surface area (Å²) in [4.78, 5) is 10.8. The molecule has 0 aliphatic heterocycles. The maximum atomic E-state index is 10.8. The van der Waals surface area contributed by atoms with Crippen LogP contribution in [0.1, 0.15) is 0 Å². The predicted octanol–water partition coefficient (Wildman–Crippen LogP) is 2.43. The molecule has 3 rings (SSSR count). The molecule has 18 heavy (non-hydrogen) atoms. The van der Waals surface area contributed by atoms with Crippen LogP contribution in [-0.4, -0.2) is 12.7 Å². The van der Waals surface area contributed by atoms with Crippen LogP contribution in [0.4, 0.5) is 4.79 Å². The molecule has 0 saturated heterocycles. The Kier molecular flexibility index (Phi) is 2.82. The van der Waals surface area contributed by atoms with Gasteiger partial charge in [-0.15, -0.1) is 0 Å². The highest BCUT2D eigenvalue weighted by molar-refractivity contribution is 5.64. The van der Waals surface area contributed by atoms with Crippen LogP contribution in [0.5, 0.6) is 0 Å². The van der Waals surface area contributed by atoms with Gasteiger partial charge in [-0.05, 0) is 23.7 Å². The maximum Gasteiger partial charge on any atom is 0.404 e. The van der Waals surface area contributed by atoms with Crippen LogP contribution in [0.25, 0.3) is 0 Å². The molecule has 2 N–H and O–H groups in total. The SMILES string of the molecule is NC(=O)OCC1C2C=CC=CC2C2C=CC=CC21. The van der Waals surface area contributed by atoms with Crippen molar-refractivity contribution >= 4 is 6.09 Å². The van der Waals surface area contributed by atoms with Crippen molar-refractivity contribution < 1.29 is 9.53 Å². The van der Waals surface area contributed by atoms with E-state index in [1.165, 1.54) is 0 Å². The normalized spacial score (nSPS) is 39.4. The fourth-order valence-corrected chi connectivity index (χ4v) is 3.57. The third-order valence-corrected chi connectivity index (χ3v) is 4.30. The smallest absolute Gasteiger partial charge is 0.404 e. The number of hydrogen-bond acceptors (Lipinski definition) is 2. The van der Waals surface area contributed by atoms with Crippen molar-refractivity contribution in [1.29, 1.82) is 0 Å². The van der Waals surface area contributed by atoms with Crippen LogP contribution in [0, 0.1) is 29.6 Å². The Morgan fingerprint density at radius 1 is 0.889 bits per heavy atom. The quantitative estimate of drug-likeness (QED) is 0.809. The number of amides is 1. The first-order valence-electron chi connectivity index (χ1n) is 6.39. The Morgan fingerprint density at radius 3 is 1.78 bits per heavy atom. The summed E-state index contributed by atoms with van der Waals surface area (Å²) < 4.78 is 5.05. The molecular weight excluding hydrogens is 226 g/mol. The lowest BCUT2D eigenvalue weighted by Crippen LogP contribution is -2.25. The van der Waals surface area contributed by atoms with Crippen LogP contribution in [-0.2, 0) is 4.74 Å². The van der Waals surface area contributed by atoms with Gasteiger partial charge in [0.1, 0.15) is 0 Å². The van der Waals surface area contributed by atoms with E-state index in [2.05, 4.69) is 48.6 Å². The number of allylic oxidation sites excluding steroid dienone is 8. The number of carbonyl (C=O) groups excluding carboxylic acids is 1. The second-order valence-corrected chi connectivity index (χ2v) is 5.14. The van der Waals surface area contributed by atoms with Crippen molar-refractivity contribution in [3.63, 3.8) is 0 Å². The first-order valence-corrected chi connectivity index (χ1v) is 6.39. The van der Waals surface area contributed by atoms with Crippen molar-refractivity contribution in [3.8, 4) is 0 Å². The minimum atomic E-state index is -0.680. The summed E-state index contributed by atoms with van der Waals surface area (Å²) >= 11 is 0. The zero-order valence-electron chi connectivity index (χ0n) is 10.1. The molecule has 3 heteroatoms. The zero-order valence-corrected chi connectivity index (χ0v) is 10.1. The number of hydrogen-bond donors (Lipinski definition) is 1. The van der Waals surface area contributed by atoms with Gasteiger partial charge in [-0.3, -0.25) is 0 Å². The summed E-state index contributed by atoms with van der Waals surface area (Å²) in [7, 11) is 0. The Balaban J connectivity index is 1.85. The van der Waals surface area contributed by atoms with Gasteiger partial charge in [0.15, 0.2) is 0 Å². The van der Waals surface area contributed by atoms with Crippen LogP contribution in [0.3, 0.4) is 0 Å². The first kappa shape index (κ1) is 11.3. The van der Waals surface area contributed by atoms with E-state index in [9.17, 15) is 4.79 Å². The second kappa shape index (κ2) is 4.48. The number of ether oxygens (including phenoxy) is 1. The lowest BCUT2D eigenvalue weighted by Gasteiger charge is -2.23. The summed E-state index contributed by atoms with van der Waals surface area (Å²) in [5.74, 6) is 2.24. The number of fused-ring (bicyclic) bond motifs is 3. The highest BCUT2D eigenvalue weighted by Gasteiger charge is 2.47. The van der Waals surface area contributed by atoms with E-state index in [0.717, 1.165) is 0 Å². The second-order valence-electron chi connectivity index (χ2n) is 5.14. The molecule has 4 unspecified atom stereocenters. The van der Waals surface area contributed by atoms with Crippen LogP contribution in [0.15, 0.2) is 48.6 Å². The summed E-state index contributed by atoms with van der Waals surface area (Å²) in [6, 6.07) is 0. The summed E-state index contributed by atoms with van der Waals surface area (Å²) in [5.41, 5.74) is 5.08. The van der Waals surface area contributed by atoms with Crippen LogP contribution >= 0.6 is 0 Å². The van der Waals surface area contributed by atoms with E-state index in [1.807, 2.05) is 0 Å². The van der Waals surface area contributed by atoms with Gasteiger partial charge >= 0.3 is 6.09 Å². The molecule has 0 aromatic carbocycles.